The lowest BCUT2D eigenvalue weighted by Gasteiger charge is -2.15. The van der Waals surface area contributed by atoms with Gasteiger partial charge in [-0.3, -0.25) is 0 Å². The number of aromatic nitrogens is 1. The molecular weight excluding hydrogens is 330 g/mol. The molecule has 0 unspecified atom stereocenters. The number of pyridine rings is 1. The molecule has 0 amide bonds. The van der Waals surface area contributed by atoms with E-state index >= 15 is 0 Å². The first kappa shape index (κ1) is 17.0. The summed E-state index contributed by atoms with van der Waals surface area (Å²) in [4.78, 5) is 4.47. The van der Waals surface area contributed by atoms with Gasteiger partial charge < -0.3 is 5.73 Å². The number of anilines is 1. The van der Waals surface area contributed by atoms with Crippen LogP contribution in [0.4, 0.5) is 5.82 Å². The third kappa shape index (κ3) is 3.22. The Morgan fingerprint density at radius 3 is 2.44 bits per heavy atom. The molecule has 124 valence electrons. The van der Waals surface area contributed by atoms with Crippen LogP contribution in [0.15, 0.2) is 48.5 Å². The zero-order chi connectivity index (χ0) is 18.0. The molecule has 0 spiro atoms. The van der Waals surface area contributed by atoms with Crippen LogP contribution in [0.3, 0.4) is 0 Å². The zero-order valence-corrected chi connectivity index (χ0v) is 14.9. The Bertz CT molecular complexity index is 970. The molecule has 0 aliphatic rings. The summed E-state index contributed by atoms with van der Waals surface area (Å²) in [5.41, 5.74) is 12.1. The van der Waals surface area contributed by atoms with Gasteiger partial charge in [-0.15, -0.1) is 0 Å². The molecular formula is C21H18ClN3. The summed E-state index contributed by atoms with van der Waals surface area (Å²) in [6.45, 7) is 4.08. The molecule has 2 N–H and O–H groups in total. The van der Waals surface area contributed by atoms with Crippen LogP contribution in [-0.2, 0) is 6.42 Å². The standard InChI is InChI=1S/C21H18ClN3/c1-3-14-7-9-15(10-8-14)19-13(2)20(25-21(24)18(19)12-23)16-5-4-6-17(22)11-16/h4-11H,3H2,1-2H3,(H2,24,25). The quantitative estimate of drug-likeness (QED) is 0.690. The second-order valence-corrected chi connectivity index (χ2v) is 6.33. The molecule has 0 radical (unpaired) electrons. The van der Waals surface area contributed by atoms with Gasteiger partial charge in [-0.1, -0.05) is 54.9 Å². The number of rotatable bonds is 3. The molecule has 3 nitrogen and oxygen atoms in total. The molecule has 0 saturated carbocycles. The van der Waals surface area contributed by atoms with Crippen LogP contribution in [0, 0.1) is 18.3 Å². The van der Waals surface area contributed by atoms with Crippen LogP contribution in [0.2, 0.25) is 5.02 Å². The maximum atomic E-state index is 9.60. The van der Waals surface area contributed by atoms with E-state index in [1.165, 1.54) is 5.56 Å². The number of nitrogens with zero attached hydrogens (tertiary/aromatic N) is 2. The Hall–Kier alpha value is -2.83. The molecule has 0 fully saturated rings. The fourth-order valence-electron chi connectivity index (χ4n) is 2.99. The first-order valence-corrected chi connectivity index (χ1v) is 8.48. The lowest BCUT2D eigenvalue weighted by molar-refractivity contribution is 1.14. The molecule has 1 heterocycles. The van der Waals surface area contributed by atoms with Crippen molar-refractivity contribution in [3.8, 4) is 28.5 Å². The first-order chi connectivity index (χ1) is 12.0. The van der Waals surface area contributed by atoms with E-state index in [4.69, 9.17) is 17.3 Å². The van der Waals surface area contributed by atoms with E-state index in [1.54, 1.807) is 0 Å². The van der Waals surface area contributed by atoms with E-state index in [0.717, 1.165) is 34.4 Å². The Balaban J connectivity index is 2.28. The predicted molar refractivity (Wildman–Crippen MR) is 103 cm³/mol. The number of nitriles is 1. The minimum absolute atomic E-state index is 0.234. The van der Waals surface area contributed by atoms with Gasteiger partial charge in [-0.2, -0.15) is 5.26 Å². The molecule has 3 rings (SSSR count). The molecule has 0 saturated heterocycles. The molecule has 0 atom stereocenters. The molecule has 0 aliphatic heterocycles. The Morgan fingerprint density at radius 1 is 1.12 bits per heavy atom. The average molecular weight is 348 g/mol. The number of nitrogens with two attached hydrogens (primary N) is 1. The van der Waals surface area contributed by atoms with Crippen LogP contribution in [0.25, 0.3) is 22.4 Å². The third-order valence-electron chi connectivity index (χ3n) is 4.33. The highest BCUT2D eigenvalue weighted by Gasteiger charge is 2.18. The van der Waals surface area contributed by atoms with Crippen molar-refractivity contribution in [3.05, 3.63) is 70.2 Å². The minimum Gasteiger partial charge on any atom is -0.383 e. The molecule has 1 aromatic heterocycles. The average Bonchev–Trinajstić information content (AvgIpc) is 2.63. The number of aryl methyl sites for hydroxylation is 1. The van der Waals surface area contributed by atoms with Crippen LogP contribution < -0.4 is 5.73 Å². The van der Waals surface area contributed by atoms with Crippen LogP contribution in [-0.4, -0.2) is 4.98 Å². The molecule has 3 aromatic rings. The highest BCUT2D eigenvalue weighted by atomic mass is 35.5. The van der Waals surface area contributed by atoms with Crippen molar-refractivity contribution in [1.29, 1.82) is 5.26 Å². The molecule has 0 bridgehead atoms. The summed E-state index contributed by atoms with van der Waals surface area (Å²) >= 11 is 6.12. The Labute approximate surface area is 152 Å². The fourth-order valence-corrected chi connectivity index (χ4v) is 3.18. The number of nitrogen functional groups attached to an aromatic ring is 1. The minimum atomic E-state index is 0.234. The summed E-state index contributed by atoms with van der Waals surface area (Å²) in [5.74, 6) is 0.234. The van der Waals surface area contributed by atoms with E-state index in [9.17, 15) is 5.26 Å². The van der Waals surface area contributed by atoms with Gasteiger partial charge in [0.25, 0.3) is 0 Å². The van der Waals surface area contributed by atoms with Crippen molar-refractivity contribution >= 4 is 17.4 Å². The van der Waals surface area contributed by atoms with Gasteiger partial charge in [0, 0.05) is 16.1 Å². The smallest absolute Gasteiger partial charge is 0.142 e. The summed E-state index contributed by atoms with van der Waals surface area (Å²) < 4.78 is 0. The van der Waals surface area contributed by atoms with Crippen molar-refractivity contribution < 1.29 is 0 Å². The first-order valence-electron chi connectivity index (χ1n) is 8.10. The van der Waals surface area contributed by atoms with E-state index in [-0.39, 0.29) is 5.82 Å². The van der Waals surface area contributed by atoms with Gasteiger partial charge in [-0.05, 0) is 42.2 Å². The second kappa shape index (κ2) is 6.96. The SMILES string of the molecule is CCc1ccc(-c2c(C)c(-c3cccc(Cl)c3)nc(N)c2C#N)cc1. The summed E-state index contributed by atoms with van der Waals surface area (Å²) in [7, 11) is 0. The topological polar surface area (TPSA) is 62.7 Å². The summed E-state index contributed by atoms with van der Waals surface area (Å²) in [6, 6.07) is 17.9. The summed E-state index contributed by atoms with van der Waals surface area (Å²) in [5, 5.41) is 10.2. The number of hydrogen-bond acceptors (Lipinski definition) is 3. The van der Waals surface area contributed by atoms with Gasteiger partial charge in [0.1, 0.15) is 17.5 Å². The lowest BCUT2D eigenvalue weighted by Crippen LogP contribution is -2.03. The maximum Gasteiger partial charge on any atom is 0.142 e. The van der Waals surface area contributed by atoms with Crippen LogP contribution in [0.5, 0.6) is 0 Å². The van der Waals surface area contributed by atoms with Gasteiger partial charge in [-0.25, -0.2) is 4.98 Å². The van der Waals surface area contributed by atoms with E-state index in [2.05, 4.69) is 30.1 Å². The van der Waals surface area contributed by atoms with Crippen molar-refractivity contribution in [2.75, 3.05) is 5.73 Å². The van der Waals surface area contributed by atoms with Crippen molar-refractivity contribution in [3.63, 3.8) is 0 Å². The van der Waals surface area contributed by atoms with E-state index < -0.39 is 0 Å². The number of hydrogen-bond donors (Lipinski definition) is 1. The normalized spacial score (nSPS) is 10.5. The highest BCUT2D eigenvalue weighted by Crippen LogP contribution is 2.36. The van der Waals surface area contributed by atoms with Crippen molar-refractivity contribution in [1.82, 2.24) is 4.98 Å². The van der Waals surface area contributed by atoms with Gasteiger partial charge in [0.05, 0.1) is 5.69 Å². The van der Waals surface area contributed by atoms with Gasteiger partial charge in [0.15, 0.2) is 0 Å². The maximum absolute atomic E-state index is 9.60. The molecule has 2 aromatic carbocycles. The summed E-state index contributed by atoms with van der Waals surface area (Å²) in [6.07, 6.45) is 0.969. The van der Waals surface area contributed by atoms with Gasteiger partial charge in [0.2, 0.25) is 0 Å². The van der Waals surface area contributed by atoms with Crippen LogP contribution in [0.1, 0.15) is 23.6 Å². The van der Waals surface area contributed by atoms with Crippen molar-refractivity contribution in [2.45, 2.75) is 20.3 Å². The van der Waals surface area contributed by atoms with E-state index in [1.807, 2.05) is 43.3 Å². The second-order valence-electron chi connectivity index (χ2n) is 5.89. The highest BCUT2D eigenvalue weighted by molar-refractivity contribution is 6.30. The fraction of sp³-hybridized carbons (Fsp3) is 0.143. The number of benzene rings is 2. The Kier molecular flexibility index (Phi) is 4.74. The number of halogens is 1. The predicted octanol–water partition coefficient (Wildman–Crippen LogP) is 5.39. The molecule has 0 aliphatic carbocycles. The Morgan fingerprint density at radius 2 is 1.84 bits per heavy atom. The molecule has 25 heavy (non-hydrogen) atoms. The largest absolute Gasteiger partial charge is 0.383 e. The lowest BCUT2D eigenvalue weighted by atomic mass is 9.92. The van der Waals surface area contributed by atoms with E-state index in [0.29, 0.717) is 10.6 Å². The molecule has 4 heteroatoms. The monoisotopic (exact) mass is 347 g/mol. The van der Waals surface area contributed by atoms with Crippen molar-refractivity contribution in [2.24, 2.45) is 0 Å². The zero-order valence-electron chi connectivity index (χ0n) is 14.2. The third-order valence-corrected chi connectivity index (χ3v) is 4.56. The van der Waals surface area contributed by atoms with Gasteiger partial charge >= 0.3 is 0 Å². The van der Waals surface area contributed by atoms with Crippen LogP contribution >= 0.6 is 11.6 Å².